The normalized spacial score (nSPS) is 14.9. The molecule has 8 rings (SSSR count). The van der Waals surface area contributed by atoms with E-state index < -0.39 is 42.1 Å². The minimum Gasteiger partial charge on any atom is -0.497 e. The number of ether oxygens (including phenoxy) is 2. The molecule has 16 heteroatoms. The highest BCUT2D eigenvalue weighted by molar-refractivity contribution is 9.10. The monoisotopic (exact) mass is 934 g/mol. The van der Waals surface area contributed by atoms with Gasteiger partial charge in [0.05, 0.1) is 26.4 Å². The van der Waals surface area contributed by atoms with E-state index in [1.807, 2.05) is 72.8 Å². The molecule has 332 valence electrons. The van der Waals surface area contributed by atoms with Gasteiger partial charge in [0, 0.05) is 63.5 Å². The van der Waals surface area contributed by atoms with E-state index in [4.69, 9.17) is 19.5 Å². The zero-order chi connectivity index (χ0) is 46.1. The fraction of sp³-hybridized carbons (Fsp3) is 0.250. The van der Waals surface area contributed by atoms with Crippen LogP contribution in [0.25, 0.3) is 11.1 Å². The zero-order valence-corrected chi connectivity index (χ0v) is 36.8. The summed E-state index contributed by atoms with van der Waals surface area (Å²) in [6.07, 6.45) is 4.79. The Kier molecular flexibility index (Phi) is 15.8. The van der Waals surface area contributed by atoms with Gasteiger partial charge >= 0.3 is 19.1 Å². The number of hydrogen-bond donors (Lipinski definition) is 6. The fourth-order valence-corrected chi connectivity index (χ4v) is 8.29. The minimum absolute atomic E-state index is 0.229. The van der Waals surface area contributed by atoms with E-state index in [0.717, 1.165) is 56.7 Å². The van der Waals surface area contributed by atoms with Gasteiger partial charge in [0.15, 0.2) is 0 Å². The molecule has 2 aliphatic rings. The Morgan fingerprint density at radius 2 is 1.09 bits per heavy atom. The Morgan fingerprint density at radius 3 is 1.53 bits per heavy atom. The maximum atomic E-state index is 12.6. The van der Waals surface area contributed by atoms with Crippen LogP contribution >= 0.6 is 15.9 Å². The van der Waals surface area contributed by atoms with Crippen molar-refractivity contribution >= 4 is 40.4 Å². The lowest BCUT2D eigenvalue weighted by Gasteiger charge is -2.25. The molecular formula is C48H48BBrN2O12. The van der Waals surface area contributed by atoms with Crippen molar-refractivity contribution in [1.29, 1.82) is 0 Å². The van der Waals surface area contributed by atoms with Crippen LogP contribution in [0.4, 0.5) is 0 Å². The van der Waals surface area contributed by atoms with E-state index in [-0.39, 0.29) is 22.3 Å². The number of aliphatic hydroxyl groups excluding tert-OH is 2. The van der Waals surface area contributed by atoms with Gasteiger partial charge in [-0.15, -0.1) is 0 Å². The highest BCUT2D eigenvalue weighted by Crippen LogP contribution is 2.32. The summed E-state index contributed by atoms with van der Waals surface area (Å²) in [4.78, 5) is 47.9. The van der Waals surface area contributed by atoms with Crippen LogP contribution in [0.15, 0.2) is 124 Å². The summed E-state index contributed by atoms with van der Waals surface area (Å²) in [7, 11) is 1.66. The fourth-order valence-electron chi connectivity index (χ4n) is 8.03. The van der Waals surface area contributed by atoms with E-state index in [0.29, 0.717) is 50.0 Å². The molecule has 6 N–H and O–H groups in total. The van der Waals surface area contributed by atoms with Gasteiger partial charge in [-0.3, -0.25) is 9.59 Å². The molecule has 0 radical (unpaired) electrons. The van der Waals surface area contributed by atoms with Crippen molar-refractivity contribution in [3.05, 3.63) is 179 Å². The first-order valence-electron chi connectivity index (χ1n) is 20.5. The number of nitrogens with zero attached hydrogens (tertiary/aromatic N) is 2. The van der Waals surface area contributed by atoms with Crippen molar-refractivity contribution in [1.82, 2.24) is 9.13 Å². The molecule has 14 nitrogen and oxygen atoms in total. The summed E-state index contributed by atoms with van der Waals surface area (Å²) < 4.78 is 14.9. The third kappa shape index (κ3) is 10.9. The summed E-state index contributed by atoms with van der Waals surface area (Å²) in [6.45, 7) is 0.880. The largest absolute Gasteiger partial charge is 0.497 e. The first kappa shape index (κ1) is 47.2. The average molecular weight is 936 g/mol. The van der Waals surface area contributed by atoms with E-state index in [9.17, 15) is 39.6 Å². The summed E-state index contributed by atoms with van der Waals surface area (Å²) in [6, 6.07) is 30.2. The smallest absolute Gasteiger partial charge is 0.492 e. The Balaban J connectivity index is 0.000000176. The minimum atomic E-state index is -1.47. The van der Waals surface area contributed by atoms with Gasteiger partial charge in [0.2, 0.25) is 10.9 Å². The lowest BCUT2D eigenvalue weighted by molar-refractivity contribution is 0.0682. The summed E-state index contributed by atoms with van der Waals surface area (Å²) in [5.74, 6) is -1.26. The Labute approximate surface area is 377 Å². The molecule has 0 aliphatic heterocycles. The third-order valence-electron chi connectivity index (χ3n) is 11.2. The molecule has 6 aromatic rings. The van der Waals surface area contributed by atoms with Crippen molar-refractivity contribution < 1.29 is 49.5 Å². The van der Waals surface area contributed by atoms with Gasteiger partial charge in [-0.1, -0.05) is 88.7 Å². The molecule has 2 atom stereocenters. The highest BCUT2D eigenvalue weighted by atomic mass is 79.9. The number of carbonyl (C=O) groups is 2. The summed E-state index contributed by atoms with van der Waals surface area (Å²) in [5, 5.41) is 56.8. The van der Waals surface area contributed by atoms with Crippen molar-refractivity contribution in [3.8, 4) is 22.6 Å². The number of rotatable bonds is 10. The molecule has 2 aromatic heterocycles. The highest BCUT2D eigenvalue weighted by Gasteiger charge is 2.29. The molecule has 2 unspecified atom stereocenters. The molecule has 4 aromatic carbocycles. The summed E-state index contributed by atoms with van der Waals surface area (Å²) >= 11 is 3.38. The number of carboxylic acid groups (broad SMARTS) is 2. The molecule has 0 saturated heterocycles. The predicted molar refractivity (Wildman–Crippen MR) is 245 cm³/mol. The predicted octanol–water partition coefficient (Wildman–Crippen LogP) is 5.74. The number of carboxylic acids is 2. The molecule has 0 spiro atoms. The van der Waals surface area contributed by atoms with Gasteiger partial charge in [0.1, 0.15) is 22.6 Å². The first-order chi connectivity index (χ1) is 30.7. The first-order valence-corrected chi connectivity index (χ1v) is 21.3. The van der Waals surface area contributed by atoms with Crippen LogP contribution in [0.1, 0.15) is 92.2 Å². The summed E-state index contributed by atoms with van der Waals surface area (Å²) in [5.41, 5.74) is 4.55. The second-order valence-corrected chi connectivity index (χ2v) is 16.2. The van der Waals surface area contributed by atoms with Crippen LogP contribution in [0.2, 0.25) is 0 Å². The topological polar surface area (TPSA) is 218 Å². The number of fused-ring (bicyclic) bond motifs is 2. The van der Waals surface area contributed by atoms with Crippen LogP contribution in [0.5, 0.6) is 11.5 Å². The average Bonchev–Trinajstić information content (AvgIpc) is 3.29. The SMILES string of the molecule is COc1ccccc1-c1ccc(Cn2cc(C(=O)O)c(=O)c3c2CCCC3O)cc1.COc1ccccc1B(O)O.O=C(O)c1cn(Cc2ccc(Br)cc2)c2c(c1=O)C(O)CCC2. The van der Waals surface area contributed by atoms with Gasteiger partial charge in [-0.05, 0) is 79.5 Å². The number of aliphatic hydroxyl groups is 2. The Bertz CT molecular complexity index is 2740. The molecule has 0 amide bonds. The standard InChI is InChI=1S/C24H23NO5.C17H16BrNO4.C7H9BO3/c1-30-21-8-3-2-5-17(21)16-11-9-15(10-12-16)13-25-14-18(24(28)29)23(27)22-19(25)6-4-7-20(22)26;18-11-6-4-10(5-7-11)8-19-9-12(17(22)23)16(21)15-13(19)2-1-3-14(15)20;1-11-7-5-3-2-4-6(7)8(9)10/h2-3,5,8-12,14,20,26H,4,6-7,13H2,1H3,(H,28,29);4-7,9,14,20H,1-3,8H2,(H,22,23);2-5,9-10H,1H3. The maximum Gasteiger partial charge on any atom is 0.492 e. The molecule has 64 heavy (non-hydrogen) atoms. The van der Waals surface area contributed by atoms with Gasteiger partial charge in [-0.25, -0.2) is 9.59 Å². The Morgan fingerprint density at radius 1 is 0.656 bits per heavy atom. The Hall–Kier alpha value is -6.30. The van der Waals surface area contributed by atoms with Crippen molar-refractivity contribution in [2.24, 2.45) is 0 Å². The lowest BCUT2D eigenvalue weighted by atomic mass is 9.80. The lowest BCUT2D eigenvalue weighted by Crippen LogP contribution is -2.30. The van der Waals surface area contributed by atoms with Crippen LogP contribution in [-0.4, -0.2) is 72.9 Å². The second kappa shape index (κ2) is 21.4. The number of para-hydroxylation sites is 2. The van der Waals surface area contributed by atoms with Crippen LogP contribution < -0.4 is 25.8 Å². The van der Waals surface area contributed by atoms with E-state index in [1.165, 1.54) is 19.5 Å². The van der Waals surface area contributed by atoms with Gasteiger partial charge in [0.25, 0.3) is 0 Å². The van der Waals surface area contributed by atoms with Gasteiger partial charge in [-0.2, -0.15) is 0 Å². The van der Waals surface area contributed by atoms with Crippen molar-refractivity contribution in [3.63, 3.8) is 0 Å². The van der Waals surface area contributed by atoms with Crippen molar-refractivity contribution in [2.75, 3.05) is 14.2 Å². The number of methoxy groups -OCH3 is 2. The van der Waals surface area contributed by atoms with E-state index in [1.54, 1.807) is 40.5 Å². The van der Waals surface area contributed by atoms with Crippen LogP contribution in [0.3, 0.4) is 0 Å². The van der Waals surface area contributed by atoms with E-state index >= 15 is 0 Å². The molecular weight excluding hydrogens is 887 g/mol. The van der Waals surface area contributed by atoms with Crippen LogP contribution in [0, 0.1) is 0 Å². The number of aromatic nitrogens is 2. The molecule has 0 bridgehead atoms. The molecule has 0 saturated carbocycles. The number of aromatic carboxylic acids is 2. The third-order valence-corrected chi connectivity index (χ3v) is 11.7. The second-order valence-electron chi connectivity index (χ2n) is 15.3. The molecule has 0 fully saturated rings. The number of hydrogen-bond acceptors (Lipinski definition) is 10. The maximum absolute atomic E-state index is 12.6. The van der Waals surface area contributed by atoms with Crippen molar-refractivity contribution in [2.45, 2.75) is 63.8 Å². The quantitative estimate of drug-likeness (QED) is 0.0907. The van der Waals surface area contributed by atoms with Crippen LogP contribution in [-0.2, 0) is 25.9 Å². The number of pyridine rings is 2. The van der Waals surface area contributed by atoms with E-state index in [2.05, 4.69) is 15.9 Å². The molecule has 2 aliphatic carbocycles. The number of halogens is 1. The van der Waals surface area contributed by atoms with Gasteiger partial charge < -0.3 is 49.1 Å². The zero-order valence-electron chi connectivity index (χ0n) is 35.2. The number of benzene rings is 4. The molecule has 2 heterocycles.